The predicted molar refractivity (Wildman–Crippen MR) is 168 cm³/mol. The minimum absolute atomic E-state index is 0.0109. The summed E-state index contributed by atoms with van der Waals surface area (Å²) in [6.07, 6.45) is 4.89. The van der Waals surface area contributed by atoms with Gasteiger partial charge < -0.3 is 5.11 Å². The highest BCUT2D eigenvalue weighted by Crippen LogP contribution is 2.39. The first-order valence-corrected chi connectivity index (χ1v) is 14.4. The highest BCUT2D eigenvalue weighted by molar-refractivity contribution is 7.18. The van der Waals surface area contributed by atoms with Crippen LogP contribution in [0.2, 0.25) is 0 Å². The van der Waals surface area contributed by atoms with Crippen LogP contribution in [0.15, 0.2) is 146 Å². The van der Waals surface area contributed by atoms with Crippen LogP contribution < -0.4 is 4.57 Å². The monoisotopic (exact) mass is 561 g/mol. The van der Waals surface area contributed by atoms with Crippen molar-refractivity contribution in [3.8, 4) is 66.4 Å². The van der Waals surface area contributed by atoms with E-state index in [0.29, 0.717) is 15.6 Å². The third kappa shape index (κ3) is 4.96. The van der Waals surface area contributed by atoms with Gasteiger partial charge in [-0.25, -0.2) is 0 Å². The van der Waals surface area contributed by atoms with E-state index < -0.39 is 0 Å². The van der Waals surface area contributed by atoms with Crippen LogP contribution in [0.1, 0.15) is 0 Å². The van der Waals surface area contributed by atoms with Crippen LogP contribution in [0.25, 0.3) is 60.5 Å². The molecule has 6 heteroatoms. The zero-order valence-electron chi connectivity index (χ0n) is 22.5. The van der Waals surface area contributed by atoms with Crippen molar-refractivity contribution in [3.63, 3.8) is 0 Å². The second-order valence-electron chi connectivity index (χ2n) is 9.76. The van der Waals surface area contributed by atoms with Gasteiger partial charge >= 0.3 is 0 Å². The van der Waals surface area contributed by atoms with Gasteiger partial charge in [0.25, 0.3) is 0 Å². The smallest absolute Gasteiger partial charge is 0.230 e. The molecular formula is C36H25N4OS+. The third-order valence-corrected chi connectivity index (χ3v) is 8.21. The van der Waals surface area contributed by atoms with E-state index in [2.05, 4.69) is 117 Å². The molecule has 0 amide bonds. The standard InChI is InChI=1S/C36H24N4OS/c41-35-34(42-36(39-35)31-24-37-20-21-38-31)28-16-18-30(19-17-28)40-32(26-12-6-2-7-13-26)22-29(25-10-4-1-5-11-25)23-33(40)27-14-8-3-9-15-27/h1-24H/p+1. The number of hydrogen-bond donors (Lipinski definition) is 1. The first-order valence-electron chi connectivity index (χ1n) is 13.6. The molecule has 0 aliphatic rings. The van der Waals surface area contributed by atoms with Crippen LogP contribution in [0.5, 0.6) is 5.88 Å². The van der Waals surface area contributed by atoms with Crippen molar-refractivity contribution in [1.29, 1.82) is 0 Å². The summed E-state index contributed by atoms with van der Waals surface area (Å²) in [4.78, 5) is 13.5. The zero-order valence-corrected chi connectivity index (χ0v) is 23.3. The Bertz CT molecular complexity index is 1900. The average Bonchev–Trinajstić information content (AvgIpc) is 3.47. The molecule has 3 aromatic heterocycles. The Balaban J connectivity index is 1.40. The highest BCUT2D eigenvalue weighted by atomic mass is 32.1. The van der Waals surface area contributed by atoms with Gasteiger partial charge in [0.15, 0.2) is 0 Å². The predicted octanol–water partition coefficient (Wildman–Crippen LogP) is 8.25. The van der Waals surface area contributed by atoms with E-state index in [9.17, 15) is 5.11 Å². The summed E-state index contributed by atoms with van der Waals surface area (Å²) in [5.74, 6) is -0.0109. The highest BCUT2D eigenvalue weighted by Gasteiger charge is 2.25. The van der Waals surface area contributed by atoms with Crippen molar-refractivity contribution in [1.82, 2.24) is 15.0 Å². The van der Waals surface area contributed by atoms with Crippen molar-refractivity contribution in [3.05, 3.63) is 146 Å². The Labute approximate surface area is 247 Å². The van der Waals surface area contributed by atoms with E-state index in [0.717, 1.165) is 44.9 Å². The van der Waals surface area contributed by atoms with Crippen molar-refractivity contribution >= 4 is 11.3 Å². The average molecular weight is 562 g/mol. The van der Waals surface area contributed by atoms with Gasteiger partial charge in [0.2, 0.25) is 23.0 Å². The van der Waals surface area contributed by atoms with Crippen LogP contribution >= 0.6 is 11.3 Å². The number of aromatic nitrogens is 4. The summed E-state index contributed by atoms with van der Waals surface area (Å²) in [6, 6.07) is 44.2. The van der Waals surface area contributed by atoms with Crippen molar-refractivity contribution in [2.24, 2.45) is 0 Å². The molecule has 1 N–H and O–H groups in total. The minimum atomic E-state index is -0.0109. The van der Waals surface area contributed by atoms with Crippen LogP contribution in [0, 0.1) is 0 Å². The van der Waals surface area contributed by atoms with Gasteiger partial charge in [-0.15, -0.1) is 11.3 Å². The normalized spacial score (nSPS) is 11.0. The van der Waals surface area contributed by atoms with Gasteiger partial charge in [-0.1, -0.05) is 66.7 Å². The van der Waals surface area contributed by atoms with E-state index in [1.165, 1.54) is 11.3 Å². The van der Waals surface area contributed by atoms with Crippen LogP contribution in [-0.4, -0.2) is 20.1 Å². The topological polar surface area (TPSA) is 62.8 Å². The van der Waals surface area contributed by atoms with Crippen molar-refractivity contribution in [2.75, 3.05) is 0 Å². The molecule has 200 valence electrons. The lowest BCUT2D eigenvalue weighted by Gasteiger charge is -2.13. The fourth-order valence-corrected chi connectivity index (χ4v) is 6.02. The molecule has 0 saturated carbocycles. The van der Waals surface area contributed by atoms with E-state index >= 15 is 0 Å². The molecule has 0 aliphatic heterocycles. The minimum Gasteiger partial charge on any atom is -0.492 e. The number of hydrogen-bond acceptors (Lipinski definition) is 5. The summed E-state index contributed by atoms with van der Waals surface area (Å²) in [6.45, 7) is 0. The Morgan fingerprint density at radius 1 is 0.571 bits per heavy atom. The first kappa shape index (κ1) is 25.5. The largest absolute Gasteiger partial charge is 0.492 e. The number of rotatable bonds is 6. The Hall–Kier alpha value is -5.46. The second kappa shape index (κ2) is 11.2. The van der Waals surface area contributed by atoms with E-state index in [1.807, 2.05) is 30.3 Å². The van der Waals surface area contributed by atoms with E-state index in [4.69, 9.17) is 0 Å². The molecule has 0 unspecified atom stereocenters. The summed E-state index contributed by atoms with van der Waals surface area (Å²) in [5.41, 5.74) is 9.22. The van der Waals surface area contributed by atoms with E-state index in [-0.39, 0.29) is 5.88 Å². The van der Waals surface area contributed by atoms with Gasteiger partial charge in [0.05, 0.1) is 11.1 Å². The fourth-order valence-electron chi connectivity index (χ4n) is 5.09. The number of benzene rings is 4. The molecule has 4 aromatic carbocycles. The lowest BCUT2D eigenvalue weighted by molar-refractivity contribution is -0.572. The number of pyridine rings is 1. The Morgan fingerprint density at radius 3 is 1.69 bits per heavy atom. The third-order valence-electron chi connectivity index (χ3n) is 7.09. The number of nitrogens with zero attached hydrogens (tertiary/aromatic N) is 4. The van der Waals surface area contributed by atoms with Crippen LogP contribution in [-0.2, 0) is 0 Å². The molecule has 7 rings (SSSR count). The fraction of sp³-hybridized carbons (Fsp3) is 0. The molecule has 7 aromatic rings. The summed E-state index contributed by atoms with van der Waals surface area (Å²) >= 11 is 1.40. The molecule has 42 heavy (non-hydrogen) atoms. The molecule has 5 nitrogen and oxygen atoms in total. The quantitative estimate of drug-likeness (QED) is 0.208. The maximum absolute atomic E-state index is 10.7. The van der Waals surface area contributed by atoms with Gasteiger partial charge in [0.1, 0.15) is 10.7 Å². The van der Waals surface area contributed by atoms with Gasteiger partial charge in [-0.2, -0.15) is 9.55 Å². The maximum Gasteiger partial charge on any atom is 0.230 e. The molecule has 0 spiro atoms. The van der Waals surface area contributed by atoms with Crippen molar-refractivity contribution < 1.29 is 9.67 Å². The summed E-state index contributed by atoms with van der Waals surface area (Å²) < 4.78 is 2.30. The summed E-state index contributed by atoms with van der Waals surface area (Å²) in [5, 5.41) is 11.3. The second-order valence-corrected chi connectivity index (χ2v) is 10.8. The van der Waals surface area contributed by atoms with Gasteiger partial charge in [-0.05, 0) is 53.1 Å². The molecule has 0 radical (unpaired) electrons. The zero-order chi connectivity index (χ0) is 28.3. The SMILES string of the molecule is Oc1nc(-c2cnccn2)sc1-c1ccc(-[n+]2c(-c3ccccc3)cc(-c3ccccc3)cc2-c2ccccc2)cc1. The molecule has 0 bridgehead atoms. The van der Waals surface area contributed by atoms with Crippen LogP contribution in [0.3, 0.4) is 0 Å². The number of thiazole rings is 1. The molecule has 0 atom stereocenters. The first-order chi connectivity index (χ1) is 20.7. The number of aromatic hydroxyl groups is 1. The van der Waals surface area contributed by atoms with Gasteiger partial charge in [0, 0.05) is 47.8 Å². The molecule has 0 aliphatic carbocycles. The van der Waals surface area contributed by atoms with Gasteiger partial charge in [-0.3, -0.25) is 9.97 Å². The molecule has 3 heterocycles. The summed E-state index contributed by atoms with van der Waals surface area (Å²) in [7, 11) is 0. The molecule has 0 fully saturated rings. The maximum atomic E-state index is 10.7. The lowest BCUT2D eigenvalue weighted by Crippen LogP contribution is -2.36. The van der Waals surface area contributed by atoms with Crippen LogP contribution in [0.4, 0.5) is 0 Å². The lowest BCUT2D eigenvalue weighted by atomic mass is 9.98. The molecule has 0 saturated heterocycles. The molecular weight excluding hydrogens is 536 g/mol. The van der Waals surface area contributed by atoms with E-state index in [1.54, 1.807) is 18.6 Å². The Morgan fingerprint density at radius 2 is 1.14 bits per heavy atom. The van der Waals surface area contributed by atoms with Crippen molar-refractivity contribution in [2.45, 2.75) is 0 Å². The Kier molecular flexibility index (Phi) is 6.80.